The fourth-order valence-corrected chi connectivity index (χ4v) is 2.88. The van der Waals surface area contributed by atoms with Crippen molar-refractivity contribution in [3.8, 4) is 0 Å². The highest BCUT2D eigenvalue weighted by atomic mass is 15.0. The normalized spacial score (nSPS) is 16.7. The highest BCUT2D eigenvalue weighted by molar-refractivity contribution is 5.89. The predicted molar refractivity (Wildman–Crippen MR) is 79.4 cm³/mol. The van der Waals surface area contributed by atoms with Gasteiger partial charge in [-0.3, -0.25) is 0 Å². The lowest BCUT2D eigenvalue weighted by Gasteiger charge is -2.23. The smallest absolute Gasteiger partial charge is 0.137 e. The Labute approximate surface area is 114 Å². The molecule has 1 fully saturated rings. The molecule has 1 aliphatic carbocycles. The Morgan fingerprint density at radius 2 is 2.00 bits per heavy atom. The Kier molecular flexibility index (Phi) is 3.62. The van der Waals surface area contributed by atoms with Gasteiger partial charge in [-0.1, -0.05) is 32.3 Å². The first kappa shape index (κ1) is 12.4. The Morgan fingerprint density at radius 3 is 2.79 bits per heavy atom. The van der Waals surface area contributed by atoms with E-state index in [1.54, 1.807) is 6.33 Å². The van der Waals surface area contributed by atoms with E-state index >= 15 is 0 Å². The number of benzene rings is 1. The monoisotopic (exact) mass is 255 g/mol. The van der Waals surface area contributed by atoms with E-state index in [0.29, 0.717) is 6.04 Å². The molecule has 1 saturated carbocycles. The molecular weight excluding hydrogens is 234 g/mol. The van der Waals surface area contributed by atoms with Crippen molar-refractivity contribution in [3.63, 3.8) is 0 Å². The van der Waals surface area contributed by atoms with Crippen LogP contribution in [0.5, 0.6) is 0 Å². The highest BCUT2D eigenvalue weighted by Gasteiger charge is 2.15. The van der Waals surface area contributed by atoms with Gasteiger partial charge in [0.25, 0.3) is 0 Å². The summed E-state index contributed by atoms with van der Waals surface area (Å²) in [5.74, 6) is 1.01. The third-order valence-corrected chi connectivity index (χ3v) is 4.05. The quantitative estimate of drug-likeness (QED) is 0.902. The molecule has 1 N–H and O–H groups in total. The first-order valence-electron chi connectivity index (χ1n) is 7.37. The summed E-state index contributed by atoms with van der Waals surface area (Å²) in [6.45, 7) is 2.18. The lowest BCUT2D eigenvalue weighted by molar-refractivity contribution is 0.462. The van der Waals surface area contributed by atoms with Gasteiger partial charge in [0.1, 0.15) is 12.1 Å². The van der Waals surface area contributed by atoms with Gasteiger partial charge in [0.15, 0.2) is 0 Å². The van der Waals surface area contributed by atoms with Crippen molar-refractivity contribution in [3.05, 3.63) is 30.1 Å². The summed E-state index contributed by atoms with van der Waals surface area (Å²) < 4.78 is 0. The van der Waals surface area contributed by atoms with E-state index in [2.05, 4.69) is 40.4 Å². The van der Waals surface area contributed by atoms with Crippen LogP contribution in [-0.2, 0) is 6.42 Å². The second-order valence-electron chi connectivity index (χ2n) is 5.41. The molecule has 0 spiro atoms. The molecule has 0 saturated heterocycles. The SMILES string of the molecule is CCc1ccc2ncnc(NC3CCCCC3)c2c1. The zero-order valence-corrected chi connectivity index (χ0v) is 11.5. The van der Waals surface area contributed by atoms with Gasteiger partial charge >= 0.3 is 0 Å². The van der Waals surface area contributed by atoms with Crippen LogP contribution in [0.3, 0.4) is 0 Å². The molecule has 2 aromatic rings. The zero-order valence-electron chi connectivity index (χ0n) is 11.5. The van der Waals surface area contributed by atoms with Gasteiger partial charge in [0.05, 0.1) is 5.52 Å². The molecule has 3 rings (SSSR count). The first-order chi connectivity index (χ1) is 9.36. The van der Waals surface area contributed by atoms with Gasteiger partial charge in [-0.2, -0.15) is 0 Å². The Morgan fingerprint density at radius 1 is 1.16 bits per heavy atom. The van der Waals surface area contributed by atoms with Crippen molar-refractivity contribution < 1.29 is 0 Å². The average molecular weight is 255 g/mol. The molecule has 3 nitrogen and oxygen atoms in total. The molecule has 3 heteroatoms. The number of nitrogens with one attached hydrogen (secondary N) is 1. The predicted octanol–water partition coefficient (Wildman–Crippen LogP) is 3.94. The van der Waals surface area contributed by atoms with Gasteiger partial charge in [-0.05, 0) is 37.0 Å². The molecular formula is C16H21N3. The molecule has 0 aliphatic heterocycles. The molecule has 1 aromatic heterocycles. The minimum atomic E-state index is 0.581. The number of aryl methyl sites for hydroxylation is 1. The van der Waals surface area contributed by atoms with Crippen LogP contribution < -0.4 is 5.32 Å². The van der Waals surface area contributed by atoms with Gasteiger partial charge < -0.3 is 5.32 Å². The molecule has 1 aliphatic rings. The van der Waals surface area contributed by atoms with Gasteiger partial charge in [-0.15, -0.1) is 0 Å². The van der Waals surface area contributed by atoms with Crippen LogP contribution in [0.2, 0.25) is 0 Å². The third kappa shape index (κ3) is 2.70. The molecule has 1 heterocycles. The van der Waals surface area contributed by atoms with E-state index in [-0.39, 0.29) is 0 Å². The van der Waals surface area contributed by atoms with E-state index in [1.165, 1.54) is 37.7 Å². The minimum Gasteiger partial charge on any atom is -0.367 e. The number of fused-ring (bicyclic) bond motifs is 1. The van der Waals surface area contributed by atoms with Crippen LogP contribution in [0.15, 0.2) is 24.5 Å². The van der Waals surface area contributed by atoms with Crippen LogP contribution in [0.1, 0.15) is 44.6 Å². The number of aromatic nitrogens is 2. The first-order valence-corrected chi connectivity index (χ1v) is 7.37. The van der Waals surface area contributed by atoms with E-state index in [1.807, 2.05) is 0 Å². The van der Waals surface area contributed by atoms with Gasteiger partial charge in [0, 0.05) is 11.4 Å². The molecule has 100 valence electrons. The van der Waals surface area contributed by atoms with Crippen molar-refractivity contribution in [1.82, 2.24) is 9.97 Å². The van der Waals surface area contributed by atoms with Crippen molar-refractivity contribution in [2.75, 3.05) is 5.32 Å². The van der Waals surface area contributed by atoms with E-state index in [4.69, 9.17) is 0 Å². The van der Waals surface area contributed by atoms with Crippen LogP contribution >= 0.6 is 0 Å². The molecule has 0 atom stereocenters. The number of hydrogen-bond donors (Lipinski definition) is 1. The molecule has 0 bridgehead atoms. The maximum Gasteiger partial charge on any atom is 0.137 e. The fourth-order valence-electron chi connectivity index (χ4n) is 2.88. The molecule has 0 amide bonds. The largest absolute Gasteiger partial charge is 0.367 e. The standard InChI is InChI=1S/C16H21N3/c1-2-12-8-9-15-14(10-12)16(18-11-17-15)19-13-6-4-3-5-7-13/h8-11,13H,2-7H2,1H3,(H,17,18,19). The summed E-state index contributed by atoms with van der Waals surface area (Å²) in [6, 6.07) is 7.05. The number of hydrogen-bond acceptors (Lipinski definition) is 3. The van der Waals surface area contributed by atoms with Crippen LogP contribution in [-0.4, -0.2) is 16.0 Å². The van der Waals surface area contributed by atoms with Crippen LogP contribution in [0.25, 0.3) is 10.9 Å². The van der Waals surface area contributed by atoms with Crippen molar-refractivity contribution in [2.24, 2.45) is 0 Å². The van der Waals surface area contributed by atoms with E-state index in [0.717, 1.165) is 23.1 Å². The maximum atomic E-state index is 4.45. The Bertz CT molecular complexity index is 559. The topological polar surface area (TPSA) is 37.8 Å². The number of nitrogens with zero attached hydrogens (tertiary/aromatic N) is 2. The van der Waals surface area contributed by atoms with E-state index < -0.39 is 0 Å². The summed E-state index contributed by atoms with van der Waals surface area (Å²) in [6.07, 6.45) is 9.29. The summed E-state index contributed by atoms with van der Waals surface area (Å²) in [4.78, 5) is 8.81. The van der Waals surface area contributed by atoms with Crippen molar-refractivity contribution >= 4 is 16.7 Å². The maximum absolute atomic E-state index is 4.45. The van der Waals surface area contributed by atoms with Crippen LogP contribution in [0.4, 0.5) is 5.82 Å². The Hall–Kier alpha value is -1.64. The van der Waals surface area contributed by atoms with E-state index in [9.17, 15) is 0 Å². The summed E-state index contributed by atoms with van der Waals surface area (Å²) in [5.41, 5.74) is 2.37. The van der Waals surface area contributed by atoms with Gasteiger partial charge in [0.2, 0.25) is 0 Å². The lowest BCUT2D eigenvalue weighted by Crippen LogP contribution is -2.23. The lowest BCUT2D eigenvalue weighted by atomic mass is 9.95. The number of rotatable bonds is 3. The van der Waals surface area contributed by atoms with Crippen LogP contribution in [0, 0.1) is 0 Å². The number of anilines is 1. The highest BCUT2D eigenvalue weighted by Crippen LogP contribution is 2.25. The van der Waals surface area contributed by atoms with Crippen molar-refractivity contribution in [1.29, 1.82) is 0 Å². The second kappa shape index (κ2) is 5.55. The van der Waals surface area contributed by atoms with Gasteiger partial charge in [-0.25, -0.2) is 9.97 Å². The molecule has 0 unspecified atom stereocenters. The molecule has 1 aromatic carbocycles. The second-order valence-corrected chi connectivity index (χ2v) is 5.41. The molecule has 19 heavy (non-hydrogen) atoms. The molecule has 0 radical (unpaired) electrons. The fraction of sp³-hybridized carbons (Fsp3) is 0.500. The zero-order chi connectivity index (χ0) is 13.1. The summed E-state index contributed by atoms with van der Waals surface area (Å²) in [5, 5.41) is 4.78. The average Bonchev–Trinajstić information content (AvgIpc) is 2.48. The minimum absolute atomic E-state index is 0.581. The third-order valence-electron chi connectivity index (χ3n) is 4.05. The Balaban J connectivity index is 1.92. The summed E-state index contributed by atoms with van der Waals surface area (Å²) >= 11 is 0. The van der Waals surface area contributed by atoms with Crippen molar-refractivity contribution in [2.45, 2.75) is 51.5 Å². The summed E-state index contributed by atoms with van der Waals surface area (Å²) in [7, 11) is 0.